The van der Waals surface area contributed by atoms with Gasteiger partial charge >= 0.3 is 0 Å². The smallest absolute Gasteiger partial charge is 0.137 e. The Kier molecular flexibility index (Phi) is 3.77. The second-order valence-electron chi connectivity index (χ2n) is 4.68. The van der Waals surface area contributed by atoms with Gasteiger partial charge in [-0.1, -0.05) is 24.3 Å². The first kappa shape index (κ1) is 13.5. The van der Waals surface area contributed by atoms with E-state index in [9.17, 15) is 0 Å². The first-order valence-electron chi connectivity index (χ1n) is 6.62. The zero-order valence-corrected chi connectivity index (χ0v) is 11.7. The van der Waals surface area contributed by atoms with Gasteiger partial charge in [-0.05, 0) is 23.1 Å². The standard InChI is InChI=1S/C16H16N4O/c1-21-13-8-12(9-18-10-13)15(20-17)16-14-5-3-2-4-11(14)6-7-19-16/h2-10,15,20H,17H2,1H3. The molecular formula is C16H16N4O. The minimum absolute atomic E-state index is 0.251. The van der Waals surface area contributed by atoms with Crippen LogP contribution in [0.3, 0.4) is 0 Å². The predicted octanol–water partition coefficient (Wildman–Crippen LogP) is 2.19. The first-order chi connectivity index (χ1) is 10.3. The van der Waals surface area contributed by atoms with Crippen molar-refractivity contribution in [1.82, 2.24) is 15.4 Å². The molecular weight excluding hydrogens is 264 g/mol. The molecule has 0 saturated heterocycles. The third-order valence-electron chi connectivity index (χ3n) is 3.45. The third kappa shape index (κ3) is 2.56. The fourth-order valence-electron chi connectivity index (χ4n) is 2.41. The molecule has 1 aromatic carbocycles. The van der Waals surface area contributed by atoms with Crippen LogP contribution in [0.4, 0.5) is 0 Å². The first-order valence-corrected chi connectivity index (χ1v) is 6.62. The molecule has 3 rings (SSSR count). The Morgan fingerprint density at radius 2 is 2.05 bits per heavy atom. The van der Waals surface area contributed by atoms with Gasteiger partial charge in [0, 0.05) is 17.8 Å². The number of ether oxygens (including phenoxy) is 1. The van der Waals surface area contributed by atoms with Crippen molar-refractivity contribution >= 4 is 10.8 Å². The highest BCUT2D eigenvalue weighted by Gasteiger charge is 2.17. The summed E-state index contributed by atoms with van der Waals surface area (Å²) in [6, 6.07) is 11.7. The van der Waals surface area contributed by atoms with Crippen molar-refractivity contribution in [3.63, 3.8) is 0 Å². The quantitative estimate of drug-likeness (QED) is 0.566. The summed E-state index contributed by atoms with van der Waals surface area (Å²) in [5, 5.41) is 2.18. The zero-order valence-electron chi connectivity index (χ0n) is 11.7. The summed E-state index contributed by atoms with van der Waals surface area (Å²) >= 11 is 0. The lowest BCUT2D eigenvalue weighted by Gasteiger charge is -2.18. The second kappa shape index (κ2) is 5.87. The molecule has 0 aliphatic heterocycles. The van der Waals surface area contributed by atoms with Crippen molar-refractivity contribution in [2.75, 3.05) is 7.11 Å². The molecule has 5 nitrogen and oxygen atoms in total. The summed E-state index contributed by atoms with van der Waals surface area (Å²) in [5.41, 5.74) is 4.59. The summed E-state index contributed by atoms with van der Waals surface area (Å²) in [6.07, 6.45) is 5.21. The molecule has 3 aromatic rings. The van der Waals surface area contributed by atoms with E-state index in [2.05, 4.69) is 21.5 Å². The van der Waals surface area contributed by atoms with Crippen molar-refractivity contribution in [2.45, 2.75) is 6.04 Å². The molecule has 21 heavy (non-hydrogen) atoms. The van der Waals surface area contributed by atoms with E-state index in [1.54, 1.807) is 25.7 Å². The van der Waals surface area contributed by atoms with Crippen molar-refractivity contribution in [3.8, 4) is 5.75 Å². The summed E-state index contributed by atoms with van der Waals surface area (Å²) in [7, 11) is 1.61. The lowest BCUT2D eigenvalue weighted by atomic mass is 10.0. The number of hydrogen-bond donors (Lipinski definition) is 2. The van der Waals surface area contributed by atoms with Crippen LogP contribution in [0.2, 0.25) is 0 Å². The zero-order chi connectivity index (χ0) is 14.7. The molecule has 0 aliphatic rings. The number of aromatic nitrogens is 2. The van der Waals surface area contributed by atoms with Gasteiger partial charge in [-0.25, -0.2) is 5.43 Å². The molecule has 106 valence electrons. The van der Waals surface area contributed by atoms with E-state index in [1.807, 2.05) is 30.3 Å². The number of fused-ring (bicyclic) bond motifs is 1. The molecule has 1 unspecified atom stereocenters. The Balaban J connectivity index is 2.13. The van der Waals surface area contributed by atoms with Crippen LogP contribution in [0.1, 0.15) is 17.3 Å². The van der Waals surface area contributed by atoms with Gasteiger partial charge in [-0.15, -0.1) is 0 Å². The van der Waals surface area contributed by atoms with E-state index in [4.69, 9.17) is 10.6 Å². The lowest BCUT2D eigenvalue weighted by Crippen LogP contribution is -2.29. The highest BCUT2D eigenvalue weighted by molar-refractivity contribution is 5.85. The molecule has 0 aliphatic carbocycles. The van der Waals surface area contributed by atoms with E-state index in [0.717, 1.165) is 22.0 Å². The van der Waals surface area contributed by atoms with Gasteiger partial charge in [0.2, 0.25) is 0 Å². The maximum Gasteiger partial charge on any atom is 0.137 e. The van der Waals surface area contributed by atoms with Crippen LogP contribution in [0, 0.1) is 0 Å². The van der Waals surface area contributed by atoms with Gasteiger partial charge in [-0.2, -0.15) is 0 Å². The SMILES string of the molecule is COc1cncc(C(NN)c2nccc3ccccc23)c1. The molecule has 3 N–H and O–H groups in total. The molecule has 0 fully saturated rings. The molecule has 1 atom stereocenters. The number of nitrogens with two attached hydrogens (primary N) is 1. The Morgan fingerprint density at radius 1 is 1.19 bits per heavy atom. The maximum atomic E-state index is 5.76. The molecule has 0 radical (unpaired) electrons. The molecule has 0 saturated carbocycles. The summed E-state index contributed by atoms with van der Waals surface area (Å²) in [4.78, 5) is 8.68. The van der Waals surface area contributed by atoms with E-state index in [0.29, 0.717) is 5.75 Å². The number of nitrogens with one attached hydrogen (secondary N) is 1. The number of benzene rings is 1. The molecule has 5 heteroatoms. The largest absolute Gasteiger partial charge is 0.495 e. The van der Waals surface area contributed by atoms with Crippen molar-refractivity contribution in [1.29, 1.82) is 0 Å². The topological polar surface area (TPSA) is 73.1 Å². The van der Waals surface area contributed by atoms with Crippen molar-refractivity contribution in [3.05, 3.63) is 66.2 Å². The van der Waals surface area contributed by atoms with Crippen LogP contribution in [0.5, 0.6) is 5.75 Å². The number of rotatable bonds is 4. The van der Waals surface area contributed by atoms with Crippen LogP contribution in [0.15, 0.2) is 55.0 Å². The summed E-state index contributed by atoms with van der Waals surface area (Å²) in [5.74, 6) is 6.45. The van der Waals surface area contributed by atoms with Gasteiger partial charge in [0.15, 0.2) is 0 Å². The van der Waals surface area contributed by atoms with Crippen LogP contribution in [0.25, 0.3) is 10.8 Å². The molecule has 2 aromatic heterocycles. The minimum Gasteiger partial charge on any atom is -0.495 e. The van der Waals surface area contributed by atoms with Crippen molar-refractivity contribution < 1.29 is 4.74 Å². The van der Waals surface area contributed by atoms with Crippen molar-refractivity contribution in [2.24, 2.45) is 5.84 Å². The number of methoxy groups -OCH3 is 1. The molecule has 2 heterocycles. The summed E-state index contributed by atoms with van der Waals surface area (Å²) in [6.45, 7) is 0. The third-order valence-corrected chi connectivity index (χ3v) is 3.45. The number of hydrazine groups is 1. The Morgan fingerprint density at radius 3 is 2.86 bits per heavy atom. The van der Waals surface area contributed by atoms with Crippen LogP contribution >= 0.6 is 0 Å². The molecule has 0 spiro atoms. The van der Waals surface area contributed by atoms with Gasteiger partial charge in [0.1, 0.15) is 5.75 Å². The van der Waals surface area contributed by atoms with Gasteiger partial charge in [-0.3, -0.25) is 15.8 Å². The van der Waals surface area contributed by atoms with Gasteiger partial charge < -0.3 is 4.74 Å². The average molecular weight is 280 g/mol. The van der Waals surface area contributed by atoms with E-state index < -0.39 is 0 Å². The summed E-state index contributed by atoms with van der Waals surface area (Å²) < 4.78 is 5.22. The Labute approximate surface area is 122 Å². The normalized spacial score (nSPS) is 12.3. The molecule has 0 amide bonds. The number of pyridine rings is 2. The highest BCUT2D eigenvalue weighted by atomic mass is 16.5. The second-order valence-corrected chi connectivity index (χ2v) is 4.68. The Hall–Kier alpha value is -2.50. The van der Waals surface area contributed by atoms with Crippen LogP contribution in [-0.2, 0) is 0 Å². The van der Waals surface area contributed by atoms with E-state index in [1.165, 1.54) is 0 Å². The van der Waals surface area contributed by atoms with Gasteiger partial charge in [0.25, 0.3) is 0 Å². The number of nitrogens with zero attached hydrogens (tertiary/aromatic N) is 2. The Bertz CT molecular complexity index is 755. The maximum absolute atomic E-state index is 5.76. The average Bonchev–Trinajstić information content (AvgIpc) is 2.56. The highest BCUT2D eigenvalue weighted by Crippen LogP contribution is 2.27. The monoisotopic (exact) mass is 280 g/mol. The predicted molar refractivity (Wildman–Crippen MR) is 81.7 cm³/mol. The van der Waals surface area contributed by atoms with Crippen LogP contribution < -0.4 is 16.0 Å². The fourth-order valence-corrected chi connectivity index (χ4v) is 2.41. The number of hydrogen-bond acceptors (Lipinski definition) is 5. The fraction of sp³-hybridized carbons (Fsp3) is 0.125. The van der Waals surface area contributed by atoms with E-state index >= 15 is 0 Å². The lowest BCUT2D eigenvalue weighted by molar-refractivity contribution is 0.411. The van der Waals surface area contributed by atoms with Gasteiger partial charge in [0.05, 0.1) is 25.0 Å². The van der Waals surface area contributed by atoms with E-state index in [-0.39, 0.29) is 6.04 Å². The molecule has 0 bridgehead atoms. The van der Waals surface area contributed by atoms with Crippen LogP contribution in [-0.4, -0.2) is 17.1 Å². The minimum atomic E-state index is -0.251.